The smallest absolute Gasteiger partial charge is 0.124 e. The fraction of sp³-hybridized carbons (Fsp3) is 0.143. The molecular weight excluding hydrogens is 299 g/mol. The van der Waals surface area contributed by atoms with Gasteiger partial charge >= 0.3 is 0 Å². The van der Waals surface area contributed by atoms with Crippen LogP contribution in [-0.2, 0) is 0 Å². The SMILES string of the molecule is COc1cc(OC)cc(-c2cc(F)c[c]c2Br)c1. The van der Waals surface area contributed by atoms with Crippen molar-refractivity contribution in [3.63, 3.8) is 0 Å². The van der Waals surface area contributed by atoms with Crippen molar-refractivity contribution in [2.24, 2.45) is 0 Å². The van der Waals surface area contributed by atoms with Crippen LogP contribution in [0.25, 0.3) is 11.1 Å². The van der Waals surface area contributed by atoms with Gasteiger partial charge in [-0.3, -0.25) is 0 Å². The summed E-state index contributed by atoms with van der Waals surface area (Å²) in [6.45, 7) is 0. The molecule has 0 unspecified atom stereocenters. The number of methoxy groups -OCH3 is 2. The Morgan fingerprint density at radius 2 is 1.67 bits per heavy atom. The zero-order valence-electron chi connectivity index (χ0n) is 9.96. The van der Waals surface area contributed by atoms with Crippen molar-refractivity contribution in [1.82, 2.24) is 0 Å². The van der Waals surface area contributed by atoms with Gasteiger partial charge in [0.05, 0.1) is 14.2 Å². The first-order valence-corrected chi connectivity index (χ1v) is 6.03. The van der Waals surface area contributed by atoms with E-state index in [4.69, 9.17) is 9.47 Å². The second kappa shape index (κ2) is 5.40. The predicted octanol–water partition coefficient (Wildman–Crippen LogP) is 4.07. The van der Waals surface area contributed by atoms with Crippen LogP contribution in [0.4, 0.5) is 4.39 Å². The van der Waals surface area contributed by atoms with E-state index in [0.717, 1.165) is 5.56 Å². The highest BCUT2D eigenvalue weighted by Crippen LogP contribution is 2.34. The van der Waals surface area contributed by atoms with Crippen molar-refractivity contribution in [3.05, 3.63) is 46.7 Å². The molecule has 2 aromatic carbocycles. The van der Waals surface area contributed by atoms with Gasteiger partial charge in [-0.05, 0) is 51.3 Å². The van der Waals surface area contributed by atoms with Crippen molar-refractivity contribution in [1.29, 1.82) is 0 Å². The van der Waals surface area contributed by atoms with Crippen LogP contribution in [0.3, 0.4) is 0 Å². The van der Waals surface area contributed by atoms with Gasteiger partial charge in [-0.1, -0.05) is 0 Å². The summed E-state index contributed by atoms with van der Waals surface area (Å²) in [5.41, 5.74) is 1.50. The third kappa shape index (κ3) is 2.64. The first-order valence-electron chi connectivity index (χ1n) is 5.24. The average Bonchev–Trinajstić information content (AvgIpc) is 2.40. The number of benzene rings is 2. The van der Waals surface area contributed by atoms with Crippen molar-refractivity contribution in [3.8, 4) is 22.6 Å². The Labute approximate surface area is 113 Å². The van der Waals surface area contributed by atoms with Crippen LogP contribution in [0.1, 0.15) is 0 Å². The van der Waals surface area contributed by atoms with Crippen LogP contribution >= 0.6 is 15.9 Å². The monoisotopic (exact) mass is 309 g/mol. The van der Waals surface area contributed by atoms with Gasteiger partial charge in [0.25, 0.3) is 0 Å². The minimum atomic E-state index is -0.338. The number of hydrogen-bond donors (Lipinski definition) is 0. The number of halogens is 2. The molecule has 0 aliphatic heterocycles. The van der Waals surface area contributed by atoms with E-state index in [1.165, 1.54) is 12.1 Å². The van der Waals surface area contributed by atoms with Crippen LogP contribution < -0.4 is 9.47 Å². The number of hydrogen-bond acceptors (Lipinski definition) is 2. The van der Waals surface area contributed by atoms with Crippen molar-refractivity contribution in [2.45, 2.75) is 0 Å². The molecule has 0 amide bonds. The molecule has 93 valence electrons. The summed E-state index contributed by atoms with van der Waals surface area (Å²) in [6, 6.07) is 10.9. The van der Waals surface area contributed by atoms with Crippen LogP contribution in [0, 0.1) is 11.9 Å². The molecule has 0 saturated heterocycles. The van der Waals surface area contributed by atoms with E-state index in [0.29, 0.717) is 21.5 Å². The Morgan fingerprint density at radius 3 is 2.22 bits per heavy atom. The van der Waals surface area contributed by atoms with E-state index >= 15 is 0 Å². The van der Waals surface area contributed by atoms with Crippen LogP contribution in [0.15, 0.2) is 34.8 Å². The molecule has 0 aromatic heterocycles. The Bertz CT molecular complexity index is 547. The van der Waals surface area contributed by atoms with Gasteiger partial charge in [-0.25, -0.2) is 4.39 Å². The first-order chi connectivity index (χ1) is 8.63. The molecule has 2 rings (SSSR count). The van der Waals surface area contributed by atoms with Gasteiger partial charge in [0, 0.05) is 16.6 Å². The maximum atomic E-state index is 13.3. The zero-order valence-corrected chi connectivity index (χ0v) is 11.5. The van der Waals surface area contributed by atoms with Crippen LogP contribution in [-0.4, -0.2) is 14.2 Å². The quantitative estimate of drug-likeness (QED) is 0.851. The molecule has 0 heterocycles. The molecule has 1 radical (unpaired) electrons. The summed E-state index contributed by atoms with van der Waals surface area (Å²) in [6.07, 6.45) is 0. The van der Waals surface area contributed by atoms with E-state index in [1.807, 2.05) is 12.1 Å². The summed E-state index contributed by atoms with van der Waals surface area (Å²) in [4.78, 5) is 0. The molecule has 0 spiro atoms. The Hall–Kier alpha value is -1.55. The van der Waals surface area contributed by atoms with Crippen molar-refractivity contribution < 1.29 is 13.9 Å². The minimum Gasteiger partial charge on any atom is -0.497 e. The second-order valence-electron chi connectivity index (χ2n) is 3.65. The van der Waals surface area contributed by atoms with Gasteiger partial charge in [0.2, 0.25) is 0 Å². The molecule has 4 heteroatoms. The third-order valence-corrected chi connectivity index (χ3v) is 3.17. The van der Waals surface area contributed by atoms with Gasteiger partial charge in [0.15, 0.2) is 0 Å². The van der Waals surface area contributed by atoms with Crippen molar-refractivity contribution >= 4 is 15.9 Å². The lowest BCUT2D eigenvalue weighted by atomic mass is 10.0. The molecule has 2 aromatic rings. The molecule has 0 aliphatic rings. The maximum Gasteiger partial charge on any atom is 0.124 e. The van der Waals surface area contributed by atoms with E-state index < -0.39 is 0 Å². The largest absolute Gasteiger partial charge is 0.497 e. The zero-order chi connectivity index (χ0) is 13.1. The topological polar surface area (TPSA) is 18.5 Å². The highest BCUT2D eigenvalue weighted by Gasteiger charge is 2.08. The lowest BCUT2D eigenvalue weighted by molar-refractivity contribution is 0.394. The lowest BCUT2D eigenvalue weighted by Crippen LogP contribution is -1.90. The highest BCUT2D eigenvalue weighted by molar-refractivity contribution is 9.10. The lowest BCUT2D eigenvalue weighted by Gasteiger charge is -2.10. The number of ether oxygens (including phenoxy) is 2. The molecule has 0 atom stereocenters. The highest BCUT2D eigenvalue weighted by atomic mass is 79.9. The Balaban J connectivity index is 2.58. The molecule has 0 fully saturated rings. The minimum absolute atomic E-state index is 0.338. The van der Waals surface area contributed by atoms with Crippen LogP contribution in [0.5, 0.6) is 11.5 Å². The second-order valence-corrected chi connectivity index (χ2v) is 4.44. The molecule has 18 heavy (non-hydrogen) atoms. The summed E-state index contributed by atoms with van der Waals surface area (Å²) in [7, 11) is 3.15. The molecule has 0 saturated carbocycles. The summed E-state index contributed by atoms with van der Waals surface area (Å²) in [5.74, 6) is 0.969. The first kappa shape index (κ1) is 12.9. The van der Waals surface area contributed by atoms with Gasteiger partial charge in [-0.2, -0.15) is 0 Å². The fourth-order valence-electron chi connectivity index (χ4n) is 1.63. The normalized spacial score (nSPS) is 10.2. The van der Waals surface area contributed by atoms with E-state index in [9.17, 15) is 4.39 Å². The summed E-state index contributed by atoms with van der Waals surface area (Å²) >= 11 is 3.36. The van der Waals surface area contributed by atoms with E-state index in [1.54, 1.807) is 20.3 Å². The van der Waals surface area contributed by atoms with Crippen molar-refractivity contribution in [2.75, 3.05) is 14.2 Å². The van der Waals surface area contributed by atoms with Crippen LogP contribution in [0.2, 0.25) is 0 Å². The van der Waals surface area contributed by atoms with Gasteiger partial charge < -0.3 is 9.47 Å². The Kier molecular flexibility index (Phi) is 3.87. The maximum absolute atomic E-state index is 13.3. The molecule has 0 N–H and O–H groups in total. The Morgan fingerprint density at radius 1 is 1.06 bits per heavy atom. The van der Waals surface area contributed by atoms with E-state index in [2.05, 4.69) is 22.0 Å². The standard InChI is InChI=1S/C14H11BrFO2/c1-17-11-5-9(6-12(8-11)18-2)13-7-10(16)3-4-14(13)15/h3,5-8H,1-2H3. The molecule has 0 bridgehead atoms. The third-order valence-electron chi connectivity index (χ3n) is 2.52. The number of rotatable bonds is 3. The van der Waals surface area contributed by atoms with E-state index in [-0.39, 0.29) is 5.82 Å². The predicted molar refractivity (Wildman–Crippen MR) is 71.5 cm³/mol. The summed E-state index contributed by atoms with van der Waals surface area (Å²) < 4.78 is 24.4. The van der Waals surface area contributed by atoms with Gasteiger partial charge in [-0.15, -0.1) is 0 Å². The average molecular weight is 310 g/mol. The molecule has 0 aliphatic carbocycles. The molecular formula is C14H11BrFO2. The fourth-order valence-corrected chi connectivity index (χ4v) is 2.08. The summed E-state index contributed by atoms with van der Waals surface area (Å²) in [5, 5.41) is 0. The van der Waals surface area contributed by atoms with Gasteiger partial charge in [0.1, 0.15) is 17.3 Å². The molecule has 2 nitrogen and oxygen atoms in total.